The van der Waals surface area contributed by atoms with E-state index in [4.69, 9.17) is 17.3 Å². The first-order valence-corrected chi connectivity index (χ1v) is 5.05. The Morgan fingerprint density at radius 2 is 2.07 bits per heavy atom. The number of rotatable bonds is 2. The third-order valence-electron chi connectivity index (χ3n) is 2.08. The summed E-state index contributed by atoms with van der Waals surface area (Å²) >= 11 is 5.93. The Morgan fingerprint density at radius 3 is 2.57 bits per heavy atom. The van der Waals surface area contributed by atoms with Crippen molar-refractivity contribution in [3.63, 3.8) is 0 Å². The summed E-state index contributed by atoms with van der Waals surface area (Å²) in [7, 11) is 0. The van der Waals surface area contributed by atoms with Gasteiger partial charge in [0, 0.05) is 11.1 Å². The monoisotopic (exact) mass is 209 g/mol. The first-order valence-electron chi connectivity index (χ1n) is 4.67. The Hall–Kier alpha value is -0.790. The minimum atomic E-state index is -0.0315. The van der Waals surface area contributed by atoms with Gasteiger partial charge in [0.15, 0.2) is 0 Å². The van der Waals surface area contributed by atoms with Crippen LogP contribution in [0.3, 0.4) is 0 Å². The molecule has 0 radical (unpaired) electrons. The van der Waals surface area contributed by atoms with Crippen LogP contribution in [0.5, 0.6) is 0 Å². The second kappa shape index (κ2) is 4.63. The maximum atomic E-state index is 6.00. The van der Waals surface area contributed by atoms with Crippen molar-refractivity contribution < 1.29 is 0 Å². The average molecular weight is 210 g/mol. The SMILES string of the molecule is CC(C)=CC(N)c1ccc(Cl)c(C)c1. The molecule has 1 aromatic rings. The Balaban J connectivity index is 2.97. The first-order chi connectivity index (χ1) is 6.50. The van der Waals surface area contributed by atoms with E-state index in [2.05, 4.69) is 0 Å². The van der Waals surface area contributed by atoms with E-state index in [1.54, 1.807) is 0 Å². The molecular formula is C12H16ClN. The quantitative estimate of drug-likeness (QED) is 0.740. The van der Waals surface area contributed by atoms with E-state index >= 15 is 0 Å². The van der Waals surface area contributed by atoms with Crippen LogP contribution in [0, 0.1) is 6.92 Å². The molecule has 14 heavy (non-hydrogen) atoms. The fourth-order valence-electron chi connectivity index (χ4n) is 1.33. The maximum absolute atomic E-state index is 6.00. The lowest BCUT2D eigenvalue weighted by atomic mass is 10.0. The van der Waals surface area contributed by atoms with Crippen molar-refractivity contribution in [3.8, 4) is 0 Å². The van der Waals surface area contributed by atoms with Gasteiger partial charge in [-0.1, -0.05) is 35.4 Å². The van der Waals surface area contributed by atoms with Crippen LogP contribution in [0.1, 0.15) is 31.0 Å². The van der Waals surface area contributed by atoms with Gasteiger partial charge in [0.05, 0.1) is 0 Å². The van der Waals surface area contributed by atoms with Gasteiger partial charge in [-0.2, -0.15) is 0 Å². The molecule has 0 bridgehead atoms. The standard InChI is InChI=1S/C12H16ClN/c1-8(2)6-12(14)10-4-5-11(13)9(3)7-10/h4-7,12H,14H2,1-3H3. The van der Waals surface area contributed by atoms with Crippen molar-refractivity contribution in [2.45, 2.75) is 26.8 Å². The molecule has 1 atom stereocenters. The lowest BCUT2D eigenvalue weighted by molar-refractivity contribution is 0.897. The predicted octanol–water partition coefficient (Wildman–Crippen LogP) is 3.61. The lowest BCUT2D eigenvalue weighted by Gasteiger charge is -2.09. The molecule has 2 heteroatoms. The van der Waals surface area contributed by atoms with Gasteiger partial charge >= 0.3 is 0 Å². The van der Waals surface area contributed by atoms with Crippen LogP contribution in [0.25, 0.3) is 0 Å². The third-order valence-corrected chi connectivity index (χ3v) is 2.50. The van der Waals surface area contributed by atoms with E-state index in [1.165, 1.54) is 5.57 Å². The Morgan fingerprint density at radius 1 is 1.43 bits per heavy atom. The van der Waals surface area contributed by atoms with Gasteiger partial charge in [-0.3, -0.25) is 0 Å². The van der Waals surface area contributed by atoms with Gasteiger partial charge in [-0.25, -0.2) is 0 Å². The van der Waals surface area contributed by atoms with Crippen LogP contribution in [0.2, 0.25) is 5.02 Å². The van der Waals surface area contributed by atoms with Crippen molar-refractivity contribution in [1.29, 1.82) is 0 Å². The van der Waals surface area contributed by atoms with Gasteiger partial charge in [-0.15, -0.1) is 0 Å². The molecule has 1 unspecified atom stereocenters. The Bertz CT molecular complexity index is 351. The highest BCUT2D eigenvalue weighted by Crippen LogP contribution is 2.20. The molecule has 2 N–H and O–H groups in total. The highest BCUT2D eigenvalue weighted by atomic mass is 35.5. The smallest absolute Gasteiger partial charge is 0.0483 e. The molecular weight excluding hydrogens is 194 g/mol. The zero-order valence-electron chi connectivity index (χ0n) is 8.84. The Kier molecular flexibility index (Phi) is 3.73. The molecule has 0 saturated heterocycles. The highest BCUT2D eigenvalue weighted by Gasteiger charge is 2.03. The number of nitrogens with two attached hydrogens (primary N) is 1. The third kappa shape index (κ3) is 2.86. The first kappa shape index (κ1) is 11.3. The normalized spacial score (nSPS) is 12.4. The van der Waals surface area contributed by atoms with Crippen LogP contribution in [0.4, 0.5) is 0 Å². The predicted molar refractivity (Wildman–Crippen MR) is 62.5 cm³/mol. The number of benzene rings is 1. The zero-order chi connectivity index (χ0) is 10.7. The Labute approximate surface area is 90.6 Å². The van der Waals surface area contributed by atoms with E-state index in [1.807, 2.05) is 45.0 Å². The van der Waals surface area contributed by atoms with Crippen LogP contribution in [-0.2, 0) is 0 Å². The fourth-order valence-corrected chi connectivity index (χ4v) is 1.45. The molecule has 0 heterocycles. The molecule has 0 saturated carbocycles. The number of hydrogen-bond acceptors (Lipinski definition) is 1. The number of aryl methyl sites for hydroxylation is 1. The highest BCUT2D eigenvalue weighted by molar-refractivity contribution is 6.31. The summed E-state index contributed by atoms with van der Waals surface area (Å²) in [6, 6.07) is 5.87. The molecule has 1 nitrogen and oxygen atoms in total. The number of allylic oxidation sites excluding steroid dienone is 1. The van der Waals surface area contributed by atoms with Crippen molar-refractivity contribution in [3.05, 3.63) is 46.0 Å². The van der Waals surface area contributed by atoms with Crippen LogP contribution >= 0.6 is 11.6 Å². The molecule has 0 amide bonds. The average Bonchev–Trinajstić information content (AvgIpc) is 2.08. The fraction of sp³-hybridized carbons (Fsp3) is 0.333. The van der Waals surface area contributed by atoms with Crippen molar-refractivity contribution in [2.24, 2.45) is 5.73 Å². The molecule has 1 aromatic carbocycles. The molecule has 0 aliphatic carbocycles. The zero-order valence-corrected chi connectivity index (χ0v) is 9.60. The molecule has 1 rings (SSSR count). The second-order valence-corrected chi connectivity index (χ2v) is 4.19. The van der Waals surface area contributed by atoms with Crippen molar-refractivity contribution in [1.82, 2.24) is 0 Å². The van der Waals surface area contributed by atoms with Crippen molar-refractivity contribution in [2.75, 3.05) is 0 Å². The second-order valence-electron chi connectivity index (χ2n) is 3.78. The topological polar surface area (TPSA) is 26.0 Å². The molecule has 0 aromatic heterocycles. The molecule has 0 aliphatic rings. The summed E-state index contributed by atoms with van der Waals surface area (Å²) in [6.07, 6.45) is 2.04. The van der Waals surface area contributed by atoms with Crippen LogP contribution in [-0.4, -0.2) is 0 Å². The van der Waals surface area contributed by atoms with Gasteiger partial charge in [0.1, 0.15) is 0 Å². The molecule has 0 fully saturated rings. The summed E-state index contributed by atoms with van der Waals surface area (Å²) in [4.78, 5) is 0. The number of halogens is 1. The minimum absolute atomic E-state index is 0.0315. The lowest BCUT2D eigenvalue weighted by Crippen LogP contribution is -2.07. The summed E-state index contributed by atoms with van der Waals surface area (Å²) in [5.41, 5.74) is 9.40. The van der Waals surface area contributed by atoms with E-state index in [-0.39, 0.29) is 6.04 Å². The van der Waals surface area contributed by atoms with E-state index in [0.29, 0.717) is 0 Å². The van der Waals surface area contributed by atoms with Crippen LogP contribution in [0.15, 0.2) is 29.8 Å². The summed E-state index contributed by atoms with van der Waals surface area (Å²) < 4.78 is 0. The maximum Gasteiger partial charge on any atom is 0.0483 e. The summed E-state index contributed by atoms with van der Waals surface area (Å²) in [5.74, 6) is 0. The molecule has 76 valence electrons. The van der Waals surface area contributed by atoms with E-state index in [0.717, 1.165) is 16.1 Å². The van der Waals surface area contributed by atoms with Gasteiger partial charge < -0.3 is 5.73 Å². The molecule has 0 aliphatic heterocycles. The summed E-state index contributed by atoms with van der Waals surface area (Å²) in [5, 5.41) is 0.790. The van der Waals surface area contributed by atoms with E-state index < -0.39 is 0 Å². The van der Waals surface area contributed by atoms with E-state index in [9.17, 15) is 0 Å². The van der Waals surface area contributed by atoms with Gasteiger partial charge in [0.2, 0.25) is 0 Å². The summed E-state index contributed by atoms with van der Waals surface area (Å²) in [6.45, 7) is 6.08. The molecule has 0 spiro atoms. The minimum Gasteiger partial charge on any atom is -0.321 e. The van der Waals surface area contributed by atoms with Gasteiger partial charge in [0.25, 0.3) is 0 Å². The van der Waals surface area contributed by atoms with Crippen LogP contribution < -0.4 is 5.73 Å². The van der Waals surface area contributed by atoms with Gasteiger partial charge in [-0.05, 0) is 38.0 Å². The largest absolute Gasteiger partial charge is 0.321 e. The number of hydrogen-bond donors (Lipinski definition) is 1. The van der Waals surface area contributed by atoms with Crippen molar-refractivity contribution >= 4 is 11.6 Å².